The summed E-state index contributed by atoms with van der Waals surface area (Å²) in [4.78, 5) is 17.8. The molecule has 0 radical (unpaired) electrons. The third-order valence-corrected chi connectivity index (χ3v) is 6.83. The zero-order valence-electron chi connectivity index (χ0n) is 22.8. The van der Waals surface area contributed by atoms with Crippen LogP contribution in [-0.2, 0) is 9.53 Å². The lowest BCUT2D eigenvalue weighted by Crippen LogP contribution is -2.38. The predicted octanol–water partition coefficient (Wildman–Crippen LogP) is 4.69. The number of nitrogens with zero attached hydrogens (tertiary/aromatic N) is 5. The maximum absolute atomic E-state index is 14.7. The molecule has 1 saturated heterocycles. The maximum atomic E-state index is 14.7. The van der Waals surface area contributed by atoms with Crippen molar-refractivity contribution in [3.05, 3.63) is 54.0 Å². The first-order chi connectivity index (χ1) is 19.3. The van der Waals surface area contributed by atoms with Crippen molar-refractivity contribution in [1.29, 1.82) is 0 Å². The second kappa shape index (κ2) is 10.9. The number of likely N-dealkylation sites (tertiary alicyclic amines) is 1. The summed E-state index contributed by atoms with van der Waals surface area (Å²) in [5, 5.41) is 8.74. The highest BCUT2D eigenvalue weighted by Gasteiger charge is 2.46. The Kier molecular flexibility index (Phi) is 7.60. The van der Waals surface area contributed by atoms with Crippen molar-refractivity contribution in [2.75, 3.05) is 26.3 Å². The lowest BCUT2D eigenvalue weighted by atomic mass is 9.97. The third kappa shape index (κ3) is 6.10. The van der Waals surface area contributed by atoms with Gasteiger partial charge >= 0.3 is 12.1 Å². The van der Waals surface area contributed by atoms with Crippen molar-refractivity contribution >= 4 is 22.5 Å². The van der Waals surface area contributed by atoms with E-state index < -0.39 is 29.4 Å². The lowest BCUT2D eigenvalue weighted by Gasteiger charge is -2.30. The molecule has 1 aliphatic rings. The smallest absolute Gasteiger partial charge is 0.408 e. The van der Waals surface area contributed by atoms with Crippen LogP contribution in [0.25, 0.3) is 28.1 Å². The van der Waals surface area contributed by atoms with Gasteiger partial charge in [0.05, 0.1) is 10.9 Å². The van der Waals surface area contributed by atoms with Gasteiger partial charge in [-0.15, -0.1) is 10.2 Å². The average Bonchev–Trinajstić information content (AvgIpc) is 3.51. The Morgan fingerprint density at radius 2 is 1.90 bits per heavy atom. The highest BCUT2D eigenvalue weighted by molar-refractivity contribution is 5.82. The van der Waals surface area contributed by atoms with Crippen molar-refractivity contribution in [2.45, 2.75) is 45.5 Å². The molecule has 0 aliphatic carbocycles. The number of alkyl halides is 3. The number of aromatic nitrogens is 4. The molecule has 218 valence electrons. The summed E-state index contributed by atoms with van der Waals surface area (Å²) in [5.41, 5.74) is 6.30. The number of pyridine rings is 2. The molecule has 4 heterocycles. The van der Waals surface area contributed by atoms with E-state index in [2.05, 4.69) is 15.2 Å². The van der Waals surface area contributed by atoms with Crippen LogP contribution in [0, 0.1) is 11.2 Å². The summed E-state index contributed by atoms with van der Waals surface area (Å²) in [6.07, 6.45) is -2.66. The van der Waals surface area contributed by atoms with Gasteiger partial charge in [-0.3, -0.25) is 14.1 Å². The summed E-state index contributed by atoms with van der Waals surface area (Å²) < 4.78 is 69.3. The lowest BCUT2D eigenvalue weighted by molar-refractivity contribution is -0.183. The first-order valence-electron chi connectivity index (χ1n) is 13.1. The molecule has 13 heteroatoms. The van der Waals surface area contributed by atoms with E-state index in [0.717, 1.165) is 0 Å². The molecule has 0 saturated carbocycles. The minimum Gasteiger partial charge on any atom is -0.487 e. The van der Waals surface area contributed by atoms with E-state index in [1.165, 1.54) is 39.8 Å². The van der Waals surface area contributed by atoms with Gasteiger partial charge in [-0.2, -0.15) is 13.2 Å². The number of nitrogens with two attached hydrogens (primary N) is 1. The topological polar surface area (TPSA) is 108 Å². The number of ether oxygens (including phenoxy) is 2. The quantitative estimate of drug-likeness (QED) is 0.193. The predicted molar refractivity (Wildman–Crippen MR) is 143 cm³/mol. The molecule has 3 aromatic heterocycles. The fraction of sp³-hybridized carbons (Fsp3) is 0.429. The minimum absolute atomic E-state index is 0.0332. The van der Waals surface area contributed by atoms with Crippen molar-refractivity contribution in [3.63, 3.8) is 0 Å². The molecule has 1 fully saturated rings. The van der Waals surface area contributed by atoms with E-state index in [9.17, 15) is 22.4 Å². The monoisotopic (exact) mass is 574 g/mol. The van der Waals surface area contributed by atoms with Crippen LogP contribution >= 0.6 is 0 Å². The van der Waals surface area contributed by atoms with Crippen LogP contribution in [0.2, 0.25) is 0 Å². The molecule has 0 unspecified atom stereocenters. The van der Waals surface area contributed by atoms with Gasteiger partial charge in [0.2, 0.25) is 0 Å². The van der Waals surface area contributed by atoms with Crippen molar-refractivity contribution in [1.82, 2.24) is 24.5 Å². The standard InChI is InChI=1S/C28H30F4N6O3/c1-27(2,3)26(39)41-11-10-40-22-13-21-16(12-19(22)29)4-6-20(34-21)25-36-35-23-7-5-17(14-38(23)25)24(28(30,31)32)37-9-8-18(33)15-37/h4-7,12-14,18,24H,8-11,15,33H2,1-3H3/t18-,24+/m0/s1. The van der Waals surface area contributed by atoms with Crippen LogP contribution in [0.5, 0.6) is 5.75 Å². The zero-order valence-corrected chi connectivity index (χ0v) is 22.8. The number of esters is 1. The van der Waals surface area contributed by atoms with Gasteiger partial charge in [0.25, 0.3) is 0 Å². The van der Waals surface area contributed by atoms with Gasteiger partial charge < -0.3 is 15.2 Å². The largest absolute Gasteiger partial charge is 0.487 e. The van der Waals surface area contributed by atoms with E-state index in [1.807, 2.05) is 0 Å². The highest BCUT2D eigenvalue weighted by atomic mass is 19.4. The molecule has 1 aromatic carbocycles. The van der Waals surface area contributed by atoms with E-state index in [0.29, 0.717) is 28.7 Å². The van der Waals surface area contributed by atoms with Gasteiger partial charge in [-0.1, -0.05) is 12.1 Å². The number of halogens is 4. The van der Waals surface area contributed by atoms with E-state index in [-0.39, 0.29) is 49.5 Å². The number of hydrogen-bond acceptors (Lipinski definition) is 8. The van der Waals surface area contributed by atoms with Crippen LogP contribution < -0.4 is 10.5 Å². The highest BCUT2D eigenvalue weighted by Crippen LogP contribution is 2.39. The second-order valence-corrected chi connectivity index (χ2v) is 11.1. The van der Waals surface area contributed by atoms with Crippen molar-refractivity contribution in [3.8, 4) is 17.3 Å². The summed E-state index contributed by atoms with van der Waals surface area (Å²) in [5.74, 6) is -0.880. The van der Waals surface area contributed by atoms with Gasteiger partial charge in [-0.25, -0.2) is 9.37 Å². The van der Waals surface area contributed by atoms with Crippen LogP contribution in [-0.4, -0.2) is 69.0 Å². The Morgan fingerprint density at radius 1 is 1.12 bits per heavy atom. The molecule has 2 N–H and O–H groups in total. The Balaban J connectivity index is 1.43. The van der Waals surface area contributed by atoms with Gasteiger partial charge in [0.1, 0.15) is 24.9 Å². The Morgan fingerprint density at radius 3 is 2.59 bits per heavy atom. The molecule has 2 atom stereocenters. The third-order valence-electron chi connectivity index (χ3n) is 6.83. The number of hydrogen-bond donors (Lipinski definition) is 1. The maximum Gasteiger partial charge on any atom is 0.408 e. The molecule has 9 nitrogen and oxygen atoms in total. The fourth-order valence-corrected chi connectivity index (χ4v) is 4.76. The van der Waals surface area contributed by atoms with Gasteiger partial charge in [-0.05, 0) is 51.0 Å². The SMILES string of the molecule is CC(C)(C)C(=O)OCCOc1cc2nc(-c3nnc4ccc([C@@H](N5CC[C@H](N)C5)C(F)(F)F)cn34)ccc2cc1F. The van der Waals surface area contributed by atoms with Crippen LogP contribution in [0.4, 0.5) is 17.6 Å². The Bertz CT molecular complexity index is 1580. The fourth-order valence-electron chi connectivity index (χ4n) is 4.76. The molecule has 0 spiro atoms. The summed E-state index contributed by atoms with van der Waals surface area (Å²) >= 11 is 0. The number of rotatable bonds is 7. The van der Waals surface area contributed by atoms with Crippen LogP contribution in [0.1, 0.15) is 38.8 Å². The molecular weight excluding hydrogens is 544 g/mol. The van der Waals surface area contributed by atoms with Crippen LogP contribution in [0.3, 0.4) is 0 Å². The average molecular weight is 575 g/mol. The minimum atomic E-state index is -4.52. The molecular formula is C28H30F4N6O3. The second-order valence-electron chi connectivity index (χ2n) is 11.1. The van der Waals surface area contributed by atoms with Gasteiger partial charge in [0.15, 0.2) is 23.0 Å². The normalized spacial score (nSPS) is 17.3. The number of benzene rings is 1. The number of carbonyl (C=O) groups is 1. The molecule has 1 aliphatic heterocycles. The molecule has 41 heavy (non-hydrogen) atoms. The first kappa shape index (κ1) is 28.7. The van der Waals surface area contributed by atoms with E-state index >= 15 is 0 Å². The summed E-state index contributed by atoms with van der Waals surface area (Å²) in [6.45, 7) is 5.43. The van der Waals surface area contributed by atoms with Crippen LogP contribution in [0.15, 0.2) is 42.6 Å². The molecule has 5 rings (SSSR count). The summed E-state index contributed by atoms with van der Waals surface area (Å²) in [7, 11) is 0. The van der Waals surface area contributed by atoms with Crippen molar-refractivity contribution in [2.24, 2.45) is 11.1 Å². The number of carbonyl (C=O) groups excluding carboxylic acids is 1. The number of fused-ring (bicyclic) bond motifs is 2. The first-order valence-corrected chi connectivity index (χ1v) is 13.1. The Hall–Kier alpha value is -3.84. The van der Waals surface area contributed by atoms with Crippen molar-refractivity contribution < 1.29 is 31.8 Å². The molecule has 0 bridgehead atoms. The Labute approximate surface area is 233 Å². The molecule has 4 aromatic rings. The van der Waals surface area contributed by atoms with Gasteiger partial charge in [0, 0.05) is 36.8 Å². The zero-order chi connectivity index (χ0) is 29.5. The van der Waals surface area contributed by atoms with E-state index in [1.54, 1.807) is 32.9 Å². The molecule has 0 amide bonds. The van der Waals surface area contributed by atoms with E-state index in [4.69, 9.17) is 15.2 Å². The summed E-state index contributed by atoms with van der Waals surface area (Å²) in [6, 6.07) is 6.63.